The second-order valence-electron chi connectivity index (χ2n) is 6.06. The molecule has 0 aliphatic rings. The van der Waals surface area contributed by atoms with Crippen LogP contribution in [0.1, 0.15) is 25.0 Å². The van der Waals surface area contributed by atoms with Gasteiger partial charge in [-0.15, -0.1) is 12.4 Å². The summed E-state index contributed by atoms with van der Waals surface area (Å²) in [6.07, 6.45) is 1.41. The maximum Gasteiger partial charge on any atom is 0.328 e. The van der Waals surface area contributed by atoms with E-state index in [4.69, 9.17) is 24.7 Å². The SMILES string of the molecule is CCOc1cc(C(=CC#N)c2ccc(OC)c(OC(=O)[C@H](C)N)c2)ccc1OC.Cl. The maximum atomic E-state index is 11.9. The summed E-state index contributed by atoms with van der Waals surface area (Å²) in [5, 5.41) is 9.31. The number of halogens is 1. The van der Waals surface area contributed by atoms with Gasteiger partial charge in [0.05, 0.1) is 26.9 Å². The third-order valence-electron chi connectivity index (χ3n) is 4.04. The summed E-state index contributed by atoms with van der Waals surface area (Å²) in [6, 6.07) is 11.7. The molecule has 7 nitrogen and oxygen atoms in total. The van der Waals surface area contributed by atoms with Gasteiger partial charge in [0.1, 0.15) is 6.04 Å². The van der Waals surface area contributed by atoms with Gasteiger partial charge in [0.25, 0.3) is 0 Å². The molecule has 2 aromatic rings. The number of carbonyl (C=O) groups excluding carboxylic acids is 1. The van der Waals surface area contributed by atoms with E-state index in [0.717, 1.165) is 5.56 Å². The molecule has 8 heteroatoms. The molecular weight excluding hydrogens is 408 g/mol. The predicted molar refractivity (Wildman–Crippen MR) is 116 cm³/mol. The van der Waals surface area contributed by atoms with Crippen molar-refractivity contribution >= 4 is 23.9 Å². The van der Waals surface area contributed by atoms with Crippen molar-refractivity contribution in [2.45, 2.75) is 19.9 Å². The summed E-state index contributed by atoms with van der Waals surface area (Å²) in [5.41, 5.74) is 7.61. The molecule has 0 spiro atoms. The number of rotatable bonds is 8. The number of esters is 1. The molecule has 0 aliphatic carbocycles. The van der Waals surface area contributed by atoms with Gasteiger partial charge in [-0.1, -0.05) is 12.1 Å². The Kier molecular flexibility index (Phi) is 9.69. The first-order chi connectivity index (χ1) is 13.9. The first-order valence-electron chi connectivity index (χ1n) is 9.01. The van der Waals surface area contributed by atoms with Crippen LogP contribution in [0.3, 0.4) is 0 Å². The lowest BCUT2D eigenvalue weighted by atomic mass is 9.97. The summed E-state index contributed by atoms with van der Waals surface area (Å²) in [6.45, 7) is 3.88. The van der Waals surface area contributed by atoms with Crippen LogP contribution in [0.15, 0.2) is 42.5 Å². The van der Waals surface area contributed by atoms with E-state index in [1.165, 1.54) is 20.1 Å². The topological polar surface area (TPSA) is 104 Å². The Morgan fingerprint density at radius 3 is 2.07 bits per heavy atom. The molecule has 0 amide bonds. The van der Waals surface area contributed by atoms with Crippen molar-refractivity contribution in [3.8, 4) is 29.1 Å². The number of nitrogens with two attached hydrogens (primary N) is 1. The Labute approximate surface area is 182 Å². The standard InChI is InChI=1S/C22H24N2O5.ClH/c1-5-28-20-12-15(6-8-18(20)26-3)17(10-11-23)16-7-9-19(27-4)21(13-16)29-22(25)14(2)24;/h6-10,12-14H,5,24H2,1-4H3;1H/t14-;/m0./s1. The predicted octanol–water partition coefficient (Wildman–Crippen LogP) is 3.73. The zero-order valence-electron chi connectivity index (χ0n) is 17.3. The number of nitrogens with zero attached hydrogens (tertiary/aromatic N) is 1. The number of hydrogen-bond donors (Lipinski definition) is 1. The number of allylic oxidation sites excluding steroid dienone is 1. The van der Waals surface area contributed by atoms with Crippen LogP contribution in [0.2, 0.25) is 0 Å². The lowest BCUT2D eigenvalue weighted by Crippen LogP contribution is -2.31. The first kappa shape index (κ1) is 24.8. The van der Waals surface area contributed by atoms with E-state index in [0.29, 0.717) is 35.0 Å². The monoisotopic (exact) mass is 432 g/mol. The minimum atomic E-state index is -0.784. The van der Waals surface area contributed by atoms with Gasteiger partial charge in [0.2, 0.25) is 0 Å². The molecule has 0 saturated carbocycles. The summed E-state index contributed by atoms with van der Waals surface area (Å²) < 4.78 is 21.6. The molecule has 2 aromatic carbocycles. The largest absolute Gasteiger partial charge is 0.493 e. The van der Waals surface area contributed by atoms with Crippen molar-refractivity contribution < 1.29 is 23.7 Å². The fourth-order valence-electron chi connectivity index (χ4n) is 2.64. The minimum Gasteiger partial charge on any atom is -0.493 e. The van der Waals surface area contributed by atoms with Crippen LogP contribution < -0.4 is 24.7 Å². The number of benzene rings is 2. The van der Waals surface area contributed by atoms with Crippen molar-refractivity contribution in [2.75, 3.05) is 20.8 Å². The lowest BCUT2D eigenvalue weighted by Gasteiger charge is -2.15. The molecule has 0 aliphatic heterocycles. The van der Waals surface area contributed by atoms with E-state index >= 15 is 0 Å². The number of ether oxygens (including phenoxy) is 4. The summed E-state index contributed by atoms with van der Waals surface area (Å²) in [5.74, 6) is 1.16. The van der Waals surface area contributed by atoms with Gasteiger partial charge in [0, 0.05) is 6.08 Å². The molecule has 2 rings (SSSR count). The molecule has 2 N–H and O–H groups in total. The fraction of sp³-hybridized carbons (Fsp3) is 0.273. The average molecular weight is 433 g/mol. The Morgan fingerprint density at radius 2 is 1.60 bits per heavy atom. The molecule has 0 fully saturated rings. The smallest absolute Gasteiger partial charge is 0.328 e. The minimum absolute atomic E-state index is 0. The molecule has 0 saturated heterocycles. The summed E-state index contributed by atoms with van der Waals surface area (Å²) in [7, 11) is 3.04. The van der Waals surface area contributed by atoms with Gasteiger partial charge in [-0.05, 0) is 54.8 Å². The number of carbonyl (C=O) groups is 1. The zero-order chi connectivity index (χ0) is 21.4. The second-order valence-corrected chi connectivity index (χ2v) is 6.06. The molecule has 0 heterocycles. The third kappa shape index (κ3) is 5.89. The zero-order valence-corrected chi connectivity index (χ0v) is 18.1. The van der Waals surface area contributed by atoms with E-state index in [1.807, 2.05) is 13.0 Å². The molecule has 0 radical (unpaired) electrons. The Bertz CT molecular complexity index is 951. The van der Waals surface area contributed by atoms with E-state index in [2.05, 4.69) is 6.07 Å². The van der Waals surface area contributed by atoms with Gasteiger partial charge >= 0.3 is 5.97 Å². The highest BCUT2D eigenvalue weighted by Gasteiger charge is 2.17. The number of hydrogen-bond acceptors (Lipinski definition) is 7. The molecular formula is C22H25ClN2O5. The Hall–Kier alpha value is -3.21. The highest BCUT2D eigenvalue weighted by molar-refractivity contribution is 5.85. The highest BCUT2D eigenvalue weighted by Crippen LogP contribution is 2.36. The van der Waals surface area contributed by atoms with Crippen molar-refractivity contribution in [3.63, 3.8) is 0 Å². The van der Waals surface area contributed by atoms with Crippen LogP contribution in [-0.4, -0.2) is 32.8 Å². The fourth-order valence-corrected chi connectivity index (χ4v) is 2.64. The number of nitriles is 1. The van der Waals surface area contributed by atoms with E-state index in [-0.39, 0.29) is 18.2 Å². The quantitative estimate of drug-likeness (QED) is 0.385. The van der Waals surface area contributed by atoms with Crippen LogP contribution in [0.25, 0.3) is 5.57 Å². The van der Waals surface area contributed by atoms with Gasteiger partial charge in [-0.3, -0.25) is 0 Å². The molecule has 1 atom stereocenters. The molecule has 30 heavy (non-hydrogen) atoms. The van der Waals surface area contributed by atoms with Crippen LogP contribution in [0.5, 0.6) is 23.0 Å². The molecule has 0 aromatic heterocycles. The molecule has 0 bridgehead atoms. The lowest BCUT2D eigenvalue weighted by molar-refractivity contribution is -0.135. The summed E-state index contributed by atoms with van der Waals surface area (Å²) >= 11 is 0. The normalized spacial score (nSPS) is 11.5. The second kappa shape index (κ2) is 11.7. The van der Waals surface area contributed by atoms with E-state index < -0.39 is 12.0 Å². The van der Waals surface area contributed by atoms with Crippen molar-refractivity contribution in [1.82, 2.24) is 0 Å². The van der Waals surface area contributed by atoms with Crippen LogP contribution in [0, 0.1) is 11.3 Å². The Morgan fingerprint density at radius 1 is 1.07 bits per heavy atom. The first-order valence-corrected chi connectivity index (χ1v) is 9.01. The van der Waals surface area contributed by atoms with Gasteiger partial charge in [-0.2, -0.15) is 5.26 Å². The van der Waals surface area contributed by atoms with E-state index in [1.54, 1.807) is 37.4 Å². The number of methoxy groups -OCH3 is 2. The highest BCUT2D eigenvalue weighted by atomic mass is 35.5. The maximum absolute atomic E-state index is 11.9. The van der Waals surface area contributed by atoms with Crippen LogP contribution in [-0.2, 0) is 4.79 Å². The van der Waals surface area contributed by atoms with Crippen molar-refractivity contribution in [3.05, 3.63) is 53.6 Å². The van der Waals surface area contributed by atoms with Gasteiger partial charge in [-0.25, -0.2) is 4.79 Å². The van der Waals surface area contributed by atoms with Crippen LogP contribution in [0.4, 0.5) is 0 Å². The van der Waals surface area contributed by atoms with Crippen molar-refractivity contribution in [1.29, 1.82) is 5.26 Å². The Balaban J connectivity index is 0.00000450. The van der Waals surface area contributed by atoms with Gasteiger partial charge < -0.3 is 24.7 Å². The van der Waals surface area contributed by atoms with E-state index in [9.17, 15) is 10.1 Å². The summed E-state index contributed by atoms with van der Waals surface area (Å²) in [4.78, 5) is 11.9. The van der Waals surface area contributed by atoms with Crippen molar-refractivity contribution in [2.24, 2.45) is 5.73 Å². The molecule has 160 valence electrons. The molecule has 0 unspecified atom stereocenters. The van der Waals surface area contributed by atoms with Gasteiger partial charge in [0.15, 0.2) is 23.0 Å². The average Bonchev–Trinajstić information content (AvgIpc) is 2.72. The third-order valence-corrected chi connectivity index (χ3v) is 4.04. The van der Waals surface area contributed by atoms with Crippen LogP contribution >= 0.6 is 12.4 Å².